The zero-order valence-corrected chi connectivity index (χ0v) is 14.4. The molecule has 0 spiro atoms. The molecular formula is C15H23Cl2N3O2. The molecule has 4 N–H and O–H groups in total. The SMILES string of the molecule is CCCNC(=O)c1ccc(NC(=O)CCC(C)N)cc1Cl.Cl. The van der Waals surface area contributed by atoms with Crippen molar-refractivity contribution >= 4 is 41.5 Å². The van der Waals surface area contributed by atoms with E-state index in [9.17, 15) is 9.59 Å². The first-order valence-electron chi connectivity index (χ1n) is 7.07. The van der Waals surface area contributed by atoms with E-state index >= 15 is 0 Å². The fraction of sp³-hybridized carbons (Fsp3) is 0.467. The lowest BCUT2D eigenvalue weighted by atomic mass is 10.1. The maximum Gasteiger partial charge on any atom is 0.252 e. The Morgan fingerprint density at radius 1 is 1.36 bits per heavy atom. The van der Waals surface area contributed by atoms with Crippen molar-refractivity contribution in [2.45, 2.75) is 39.2 Å². The number of anilines is 1. The van der Waals surface area contributed by atoms with Crippen molar-refractivity contribution in [2.75, 3.05) is 11.9 Å². The van der Waals surface area contributed by atoms with Crippen LogP contribution in [-0.2, 0) is 4.79 Å². The molecule has 0 aliphatic carbocycles. The third-order valence-electron chi connectivity index (χ3n) is 2.86. The maximum atomic E-state index is 11.8. The molecule has 7 heteroatoms. The summed E-state index contributed by atoms with van der Waals surface area (Å²) in [6.07, 6.45) is 1.84. The number of carbonyl (C=O) groups excluding carboxylic acids is 2. The first kappa shape index (κ1) is 20.7. The molecular weight excluding hydrogens is 325 g/mol. The molecule has 0 aromatic heterocycles. The van der Waals surface area contributed by atoms with Gasteiger partial charge in [0.15, 0.2) is 0 Å². The molecule has 0 saturated carbocycles. The van der Waals surface area contributed by atoms with E-state index in [1.165, 1.54) is 0 Å². The average Bonchev–Trinajstić information content (AvgIpc) is 2.42. The summed E-state index contributed by atoms with van der Waals surface area (Å²) in [7, 11) is 0. The van der Waals surface area contributed by atoms with E-state index in [4.69, 9.17) is 17.3 Å². The number of benzene rings is 1. The van der Waals surface area contributed by atoms with Crippen LogP contribution in [0.25, 0.3) is 0 Å². The molecule has 0 aliphatic rings. The summed E-state index contributed by atoms with van der Waals surface area (Å²) in [5.74, 6) is -0.330. The van der Waals surface area contributed by atoms with Crippen molar-refractivity contribution < 1.29 is 9.59 Å². The molecule has 1 aromatic carbocycles. The van der Waals surface area contributed by atoms with Gasteiger partial charge in [0.1, 0.15) is 0 Å². The van der Waals surface area contributed by atoms with Crippen LogP contribution in [0.3, 0.4) is 0 Å². The number of carbonyl (C=O) groups is 2. The highest BCUT2D eigenvalue weighted by Crippen LogP contribution is 2.21. The van der Waals surface area contributed by atoms with E-state index in [0.29, 0.717) is 35.7 Å². The van der Waals surface area contributed by atoms with Crippen molar-refractivity contribution in [3.8, 4) is 0 Å². The highest BCUT2D eigenvalue weighted by atomic mass is 35.5. The second-order valence-corrected chi connectivity index (χ2v) is 5.42. The summed E-state index contributed by atoms with van der Waals surface area (Å²) in [5.41, 5.74) is 6.58. The minimum Gasteiger partial charge on any atom is -0.352 e. The summed E-state index contributed by atoms with van der Waals surface area (Å²) in [5, 5.41) is 5.81. The van der Waals surface area contributed by atoms with Crippen molar-refractivity contribution in [3.05, 3.63) is 28.8 Å². The third kappa shape index (κ3) is 7.11. The van der Waals surface area contributed by atoms with Crippen LogP contribution in [0.5, 0.6) is 0 Å². The van der Waals surface area contributed by atoms with E-state index in [-0.39, 0.29) is 30.3 Å². The van der Waals surface area contributed by atoms with Gasteiger partial charge < -0.3 is 16.4 Å². The number of nitrogens with two attached hydrogens (primary N) is 1. The number of hydrogen-bond donors (Lipinski definition) is 3. The van der Waals surface area contributed by atoms with E-state index in [0.717, 1.165) is 6.42 Å². The van der Waals surface area contributed by atoms with E-state index in [1.807, 2.05) is 13.8 Å². The van der Waals surface area contributed by atoms with Gasteiger partial charge in [-0.3, -0.25) is 9.59 Å². The van der Waals surface area contributed by atoms with Crippen LogP contribution in [0.1, 0.15) is 43.5 Å². The predicted octanol–water partition coefficient (Wildman–Crippen LogP) is 2.97. The molecule has 0 heterocycles. The van der Waals surface area contributed by atoms with Crippen LogP contribution in [0.2, 0.25) is 5.02 Å². The Kier molecular flexibility index (Phi) is 9.81. The Bertz CT molecular complexity index is 508. The minimum atomic E-state index is -0.211. The number of amides is 2. The fourth-order valence-electron chi connectivity index (χ4n) is 1.69. The standard InChI is InChI=1S/C15H22ClN3O2.ClH/c1-3-8-18-15(21)12-6-5-11(9-13(12)16)19-14(20)7-4-10(2)17;/h5-6,9-10H,3-4,7-8,17H2,1-2H3,(H,18,21)(H,19,20);1H. The van der Waals surface area contributed by atoms with Crippen LogP contribution < -0.4 is 16.4 Å². The van der Waals surface area contributed by atoms with Crippen LogP contribution in [0.4, 0.5) is 5.69 Å². The smallest absolute Gasteiger partial charge is 0.252 e. The van der Waals surface area contributed by atoms with Gasteiger partial charge in [-0.2, -0.15) is 0 Å². The quantitative estimate of drug-likeness (QED) is 0.708. The molecule has 1 aromatic rings. The zero-order valence-electron chi connectivity index (χ0n) is 12.8. The Morgan fingerprint density at radius 2 is 2.05 bits per heavy atom. The van der Waals surface area contributed by atoms with E-state index < -0.39 is 0 Å². The number of nitrogens with one attached hydrogen (secondary N) is 2. The van der Waals surface area contributed by atoms with Crippen LogP contribution in [-0.4, -0.2) is 24.4 Å². The predicted molar refractivity (Wildman–Crippen MR) is 92.8 cm³/mol. The van der Waals surface area contributed by atoms with Gasteiger partial charge in [0.05, 0.1) is 10.6 Å². The highest BCUT2D eigenvalue weighted by Gasteiger charge is 2.11. The molecule has 0 aliphatic heterocycles. The molecule has 5 nitrogen and oxygen atoms in total. The maximum absolute atomic E-state index is 11.8. The van der Waals surface area contributed by atoms with Gasteiger partial charge in [0.25, 0.3) is 5.91 Å². The highest BCUT2D eigenvalue weighted by molar-refractivity contribution is 6.34. The van der Waals surface area contributed by atoms with E-state index in [1.54, 1.807) is 18.2 Å². The summed E-state index contributed by atoms with van der Waals surface area (Å²) < 4.78 is 0. The lowest BCUT2D eigenvalue weighted by molar-refractivity contribution is -0.116. The first-order valence-corrected chi connectivity index (χ1v) is 7.45. The molecule has 1 unspecified atom stereocenters. The summed E-state index contributed by atoms with van der Waals surface area (Å²) in [6, 6.07) is 4.83. The van der Waals surface area contributed by atoms with Gasteiger partial charge in [0, 0.05) is 24.7 Å². The summed E-state index contributed by atoms with van der Waals surface area (Å²) in [4.78, 5) is 23.5. The van der Waals surface area contributed by atoms with Gasteiger partial charge in [-0.1, -0.05) is 18.5 Å². The minimum absolute atomic E-state index is 0. The van der Waals surface area contributed by atoms with Crippen LogP contribution >= 0.6 is 24.0 Å². The molecule has 1 rings (SSSR count). The average molecular weight is 348 g/mol. The number of rotatable bonds is 7. The van der Waals surface area contributed by atoms with Gasteiger partial charge >= 0.3 is 0 Å². The Hall–Kier alpha value is -1.30. The molecule has 2 amide bonds. The van der Waals surface area contributed by atoms with Gasteiger partial charge in [-0.15, -0.1) is 12.4 Å². The van der Waals surface area contributed by atoms with Crippen LogP contribution in [0, 0.1) is 0 Å². The van der Waals surface area contributed by atoms with Crippen molar-refractivity contribution in [1.29, 1.82) is 0 Å². The summed E-state index contributed by atoms with van der Waals surface area (Å²) >= 11 is 6.08. The number of halogens is 2. The number of hydrogen-bond acceptors (Lipinski definition) is 3. The van der Waals surface area contributed by atoms with Crippen molar-refractivity contribution in [2.24, 2.45) is 5.73 Å². The normalized spacial score (nSPS) is 11.3. The van der Waals surface area contributed by atoms with Gasteiger partial charge in [-0.25, -0.2) is 0 Å². The van der Waals surface area contributed by atoms with Crippen molar-refractivity contribution in [1.82, 2.24) is 5.32 Å². The van der Waals surface area contributed by atoms with E-state index in [2.05, 4.69) is 10.6 Å². The fourth-order valence-corrected chi connectivity index (χ4v) is 1.96. The topological polar surface area (TPSA) is 84.2 Å². The molecule has 0 radical (unpaired) electrons. The molecule has 1 atom stereocenters. The van der Waals surface area contributed by atoms with Crippen LogP contribution in [0.15, 0.2) is 18.2 Å². The third-order valence-corrected chi connectivity index (χ3v) is 3.17. The Balaban J connectivity index is 0.00000441. The lowest BCUT2D eigenvalue weighted by Gasteiger charge is -2.10. The molecule has 22 heavy (non-hydrogen) atoms. The second-order valence-electron chi connectivity index (χ2n) is 5.01. The monoisotopic (exact) mass is 347 g/mol. The Labute approximate surface area is 142 Å². The molecule has 0 bridgehead atoms. The summed E-state index contributed by atoms with van der Waals surface area (Å²) in [6.45, 7) is 4.43. The molecule has 0 saturated heterocycles. The zero-order chi connectivity index (χ0) is 15.8. The Morgan fingerprint density at radius 3 is 2.59 bits per heavy atom. The van der Waals surface area contributed by atoms with Gasteiger partial charge in [-0.05, 0) is 38.0 Å². The largest absolute Gasteiger partial charge is 0.352 e. The van der Waals surface area contributed by atoms with Gasteiger partial charge in [0.2, 0.25) is 5.91 Å². The van der Waals surface area contributed by atoms with Crippen molar-refractivity contribution in [3.63, 3.8) is 0 Å². The molecule has 124 valence electrons. The second kappa shape index (κ2) is 10.4. The molecule has 0 fully saturated rings. The lowest BCUT2D eigenvalue weighted by Crippen LogP contribution is -2.24. The first-order chi connectivity index (χ1) is 9.93.